The molecule has 0 aliphatic carbocycles. The number of likely N-dealkylation sites (N-methyl/N-ethyl adjacent to an activating group) is 1. The van der Waals surface area contributed by atoms with Crippen molar-refractivity contribution in [3.8, 4) is 0 Å². The standard InChI is InChI=1S/C19H21ClN2O2/c1-12-5-6-15(11-13(12)2)18(23)14(3)22(4)19(24)21-17-9-7-16(20)8-10-17/h5-11,14H,1-4H3,(H,21,24). The van der Waals surface area contributed by atoms with E-state index in [1.807, 2.05) is 26.0 Å². The van der Waals surface area contributed by atoms with E-state index >= 15 is 0 Å². The number of urea groups is 1. The van der Waals surface area contributed by atoms with E-state index in [1.54, 1.807) is 44.3 Å². The Labute approximate surface area is 147 Å². The maximum atomic E-state index is 12.6. The second-order valence-electron chi connectivity index (χ2n) is 5.89. The normalized spacial score (nSPS) is 11.7. The predicted molar refractivity (Wildman–Crippen MR) is 97.9 cm³/mol. The fourth-order valence-corrected chi connectivity index (χ4v) is 2.36. The highest BCUT2D eigenvalue weighted by molar-refractivity contribution is 6.30. The van der Waals surface area contributed by atoms with Crippen molar-refractivity contribution in [2.24, 2.45) is 0 Å². The minimum Gasteiger partial charge on any atom is -0.317 e. The first kappa shape index (κ1) is 18.0. The molecule has 0 aliphatic rings. The third-order valence-electron chi connectivity index (χ3n) is 4.17. The Morgan fingerprint density at radius 3 is 2.25 bits per heavy atom. The molecule has 0 saturated carbocycles. The monoisotopic (exact) mass is 344 g/mol. The molecule has 1 atom stereocenters. The van der Waals surface area contributed by atoms with Crippen molar-refractivity contribution < 1.29 is 9.59 Å². The number of nitrogens with one attached hydrogen (secondary N) is 1. The van der Waals surface area contributed by atoms with Crippen LogP contribution in [0.15, 0.2) is 42.5 Å². The van der Waals surface area contributed by atoms with Gasteiger partial charge in [0.15, 0.2) is 5.78 Å². The number of carbonyl (C=O) groups is 2. The van der Waals surface area contributed by atoms with Crippen LogP contribution in [0.1, 0.15) is 28.4 Å². The first-order valence-electron chi connectivity index (χ1n) is 7.70. The summed E-state index contributed by atoms with van der Waals surface area (Å²) in [6.45, 7) is 5.69. The Balaban J connectivity index is 2.08. The number of aryl methyl sites for hydroxylation is 2. The fourth-order valence-electron chi connectivity index (χ4n) is 2.23. The van der Waals surface area contributed by atoms with Crippen molar-refractivity contribution >= 4 is 29.1 Å². The highest BCUT2D eigenvalue weighted by atomic mass is 35.5. The summed E-state index contributed by atoms with van der Waals surface area (Å²) < 4.78 is 0. The number of amides is 2. The average Bonchev–Trinajstić information content (AvgIpc) is 2.57. The van der Waals surface area contributed by atoms with Crippen molar-refractivity contribution in [2.45, 2.75) is 26.8 Å². The number of halogens is 1. The van der Waals surface area contributed by atoms with Crippen LogP contribution in [0.2, 0.25) is 5.02 Å². The molecule has 1 N–H and O–H groups in total. The first-order valence-corrected chi connectivity index (χ1v) is 8.08. The van der Waals surface area contributed by atoms with E-state index in [0.717, 1.165) is 11.1 Å². The highest BCUT2D eigenvalue weighted by Gasteiger charge is 2.23. The molecule has 4 nitrogen and oxygen atoms in total. The summed E-state index contributed by atoms with van der Waals surface area (Å²) in [5.74, 6) is -0.0909. The van der Waals surface area contributed by atoms with Crippen LogP contribution in [0.25, 0.3) is 0 Å². The van der Waals surface area contributed by atoms with Crippen molar-refractivity contribution in [1.82, 2.24) is 4.90 Å². The van der Waals surface area contributed by atoms with Crippen molar-refractivity contribution in [1.29, 1.82) is 0 Å². The van der Waals surface area contributed by atoms with Gasteiger partial charge in [0.25, 0.3) is 0 Å². The third kappa shape index (κ3) is 4.15. The lowest BCUT2D eigenvalue weighted by atomic mass is 10.00. The summed E-state index contributed by atoms with van der Waals surface area (Å²) in [4.78, 5) is 26.3. The summed E-state index contributed by atoms with van der Waals surface area (Å²) >= 11 is 5.83. The summed E-state index contributed by atoms with van der Waals surface area (Å²) in [6.07, 6.45) is 0. The molecule has 2 aromatic rings. The van der Waals surface area contributed by atoms with Crippen LogP contribution in [-0.4, -0.2) is 29.8 Å². The lowest BCUT2D eigenvalue weighted by Crippen LogP contribution is -2.42. The molecule has 0 radical (unpaired) electrons. The lowest BCUT2D eigenvalue weighted by molar-refractivity contribution is 0.0894. The Kier molecular flexibility index (Phi) is 5.62. The summed E-state index contributed by atoms with van der Waals surface area (Å²) in [7, 11) is 1.61. The van der Waals surface area contributed by atoms with Gasteiger partial charge in [0, 0.05) is 23.3 Å². The molecule has 5 heteroatoms. The van der Waals surface area contributed by atoms with Gasteiger partial charge in [-0.3, -0.25) is 4.79 Å². The average molecular weight is 345 g/mol. The maximum absolute atomic E-state index is 12.6. The van der Waals surface area contributed by atoms with E-state index < -0.39 is 6.04 Å². The van der Waals surface area contributed by atoms with E-state index in [2.05, 4.69) is 5.32 Å². The molecular formula is C19H21ClN2O2. The van der Waals surface area contributed by atoms with Crippen LogP contribution in [0, 0.1) is 13.8 Å². The SMILES string of the molecule is Cc1ccc(C(=O)C(C)N(C)C(=O)Nc2ccc(Cl)cc2)cc1C. The second-order valence-corrected chi connectivity index (χ2v) is 6.32. The minimum atomic E-state index is -0.570. The van der Waals surface area contributed by atoms with Gasteiger partial charge in [-0.15, -0.1) is 0 Å². The number of Topliss-reactive ketones (excluding diaryl/α,β-unsaturated/α-hetero) is 1. The van der Waals surface area contributed by atoms with Crippen LogP contribution < -0.4 is 5.32 Å². The highest BCUT2D eigenvalue weighted by Crippen LogP contribution is 2.16. The second kappa shape index (κ2) is 7.49. The zero-order valence-electron chi connectivity index (χ0n) is 14.3. The van der Waals surface area contributed by atoms with Gasteiger partial charge in [-0.1, -0.05) is 23.7 Å². The fraction of sp³-hybridized carbons (Fsp3) is 0.263. The largest absolute Gasteiger partial charge is 0.322 e. The van der Waals surface area contributed by atoms with Gasteiger partial charge >= 0.3 is 6.03 Å². The first-order chi connectivity index (χ1) is 11.3. The molecule has 0 aromatic heterocycles. The lowest BCUT2D eigenvalue weighted by Gasteiger charge is -2.24. The number of carbonyl (C=O) groups excluding carboxylic acids is 2. The Morgan fingerprint density at radius 1 is 1.04 bits per heavy atom. The van der Waals surface area contributed by atoms with Crippen LogP contribution in [0.5, 0.6) is 0 Å². The number of hydrogen-bond acceptors (Lipinski definition) is 2. The zero-order chi connectivity index (χ0) is 17.9. The van der Waals surface area contributed by atoms with Gasteiger partial charge in [-0.25, -0.2) is 4.79 Å². The number of nitrogens with zero attached hydrogens (tertiary/aromatic N) is 1. The zero-order valence-corrected chi connectivity index (χ0v) is 15.0. The van der Waals surface area contributed by atoms with E-state index in [-0.39, 0.29) is 11.8 Å². The van der Waals surface area contributed by atoms with E-state index in [1.165, 1.54) is 4.90 Å². The summed E-state index contributed by atoms with van der Waals surface area (Å²) in [6, 6.07) is 11.5. The van der Waals surface area contributed by atoms with Crippen LogP contribution >= 0.6 is 11.6 Å². The molecule has 0 bridgehead atoms. The molecular weight excluding hydrogens is 324 g/mol. The molecule has 2 rings (SSSR count). The van der Waals surface area contributed by atoms with Gasteiger partial charge in [0.1, 0.15) is 0 Å². The van der Waals surface area contributed by atoms with Crippen molar-refractivity contribution in [3.05, 3.63) is 64.2 Å². The molecule has 126 valence electrons. The van der Waals surface area contributed by atoms with Gasteiger partial charge in [0.2, 0.25) is 0 Å². The molecule has 0 saturated heterocycles. The molecule has 24 heavy (non-hydrogen) atoms. The molecule has 2 aromatic carbocycles. The van der Waals surface area contributed by atoms with Crippen LogP contribution in [0.4, 0.5) is 10.5 Å². The van der Waals surface area contributed by atoms with Crippen LogP contribution in [0.3, 0.4) is 0 Å². The number of hydrogen-bond donors (Lipinski definition) is 1. The number of benzene rings is 2. The Morgan fingerprint density at radius 2 is 1.67 bits per heavy atom. The number of anilines is 1. The smallest absolute Gasteiger partial charge is 0.317 e. The topological polar surface area (TPSA) is 49.4 Å². The summed E-state index contributed by atoms with van der Waals surface area (Å²) in [5.41, 5.74) is 3.42. The van der Waals surface area contributed by atoms with Gasteiger partial charge in [-0.05, 0) is 62.2 Å². The van der Waals surface area contributed by atoms with Gasteiger partial charge < -0.3 is 10.2 Å². The predicted octanol–water partition coefficient (Wildman–Crippen LogP) is 4.69. The van der Waals surface area contributed by atoms with Gasteiger partial charge in [0.05, 0.1) is 6.04 Å². The van der Waals surface area contributed by atoms with Crippen molar-refractivity contribution in [3.63, 3.8) is 0 Å². The van der Waals surface area contributed by atoms with E-state index in [0.29, 0.717) is 16.3 Å². The maximum Gasteiger partial charge on any atom is 0.322 e. The number of rotatable bonds is 4. The molecule has 0 fully saturated rings. The van der Waals surface area contributed by atoms with Crippen molar-refractivity contribution in [2.75, 3.05) is 12.4 Å². The van der Waals surface area contributed by atoms with E-state index in [9.17, 15) is 9.59 Å². The molecule has 1 unspecified atom stereocenters. The van der Waals surface area contributed by atoms with E-state index in [4.69, 9.17) is 11.6 Å². The molecule has 0 aliphatic heterocycles. The Bertz CT molecular complexity index is 756. The molecule has 2 amide bonds. The summed E-state index contributed by atoms with van der Waals surface area (Å²) in [5, 5.41) is 3.35. The molecule has 0 spiro atoms. The minimum absolute atomic E-state index is 0.0909. The molecule has 0 heterocycles. The third-order valence-corrected chi connectivity index (χ3v) is 4.42. The Hall–Kier alpha value is -2.33. The van der Waals surface area contributed by atoms with Crippen LogP contribution in [-0.2, 0) is 0 Å². The van der Waals surface area contributed by atoms with Gasteiger partial charge in [-0.2, -0.15) is 0 Å². The number of ketones is 1. The quantitative estimate of drug-likeness (QED) is 0.818.